The Kier molecular flexibility index (Phi) is 6.62. The van der Waals surface area contributed by atoms with Crippen LogP contribution in [0.3, 0.4) is 0 Å². The van der Waals surface area contributed by atoms with E-state index >= 15 is 0 Å². The maximum atomic E-state index is 11.2. The van der Waals surface area contributed by atoms with Gasteiger partial charge in [0.1, 0.15) is 0 Å². The van der Waals surface area contributed by atoms with E-state index in [0.717, 1.165) is 19.1 Å². The van der Waals surface area contributed by atoms with Crippen LogP contribution in [0.15, 0.2) is 0 Å². The van der Waals surface area contributed by atoms with E-state index in [4.69, 9.17) is 0 Å². The molecule has 1 fully saturated rings. The van der Waals surface area contributed by atoms with Crippen molar-refractivity contribution in [3.63, 3.8) is 0 Å². The molecule has 1 aliphatic heterocycles. The summed E-state index contributed by atoms with van der Waals surface area (Å²) in [5, 5.41) is 3.32. The number of hydrogen-bond acceptors (Lipinski definition) is 4. The Hall–Kier alpha value is -1.16. The highest BCUT2D eigenvalue weighted by Gasteiger charge is 2.54. The molecule has 0 aromatic heterocycles. The van der Waals surface area contributed by atoms with Crippen molar-refractivity contribution in [1.29, 1.82) is 0 Å². The third kappa shape index (κ3) is 6.33. The SMILES string of the molecule is CC1CNCCN1C.O=C(C(=O)C(F)(F)F)C(F)(F)F. The van der Waals surface area contributed by atoms with Gasteiger partial charge >= 0.3 is 23.9 Å². The molecule has 1 atom stereocenters. The van der Waals surface area contributed by atoms with Crippen molar-refractivity contribution in [3.05, 3.63) is 0 Å². The third-order valence-electron chi connectivity index (χ3n) is 2.55. The minimum absolute atomic E-state index is 0.726. The van der Waals surface area contributed by atoms with Crippen LogP contribution in [0.1, 0.15) is 6.92 Å². The van der Waals surface area contributed by atoms with E-state index in [1.807, 2.05) is 0 Å². The van der Waals surface area contributed by atoms with Crippen molar-refractivity contribution >= 4 is 11.6 Å². The van der Waals surface area contributed by atoms with E-state index in [-0.39, 0.29) is 0 Å². The fourth-order valence-electron chi connectivity index (χ4n) is 1.20. The van der Waals surface area contributed by atoms with Crippen molar-refractivity contribution in [2.45, 2.75) is 25.3 Å². The predicted octanol–water partition coefficient (Wildman–Crippen LogP) is 1.16. The predicted molar refractivity (Wildman–Crippen MR) is 57.1 cm³/mol. The normalized spacial score (nSPS) is 20.9. The number of likely N-dealkylation sites (N-methyl/N-ethyl adjacent to an activating group) is 1. The van der Waals surface area contributed by atoms with Crippen LogP contribution >= 0.6 is 0 Å². The van der Waals surface area contributed by atoms with Gasteiger partial charge in [0.2, 0.25) is 0 Å². The Labute approximate surface area is 111 Å². The van der Waals surface area contributed by atoms with Gasteiger partial charge in [-0.3, -0.25) is 9.59 Å². The molecule has 0 bridgehead atoms. The molecule has 1 rings (SSSR count). The minimum Gasteiger partial charge on any atom is -0.314 e. The number of nitrogens with zero attached hydrogens (tertiary/aromatic N) is 1. The zero-order valence-electron chi connectivity index (χ0n) is 10.7. The average Bonchev–Trinajstić information content (AvgIpc) is 2.29. The van der Waals surface area contributed by atoms with Gasteiger partial charge < -0.3 is 10.2 Å². The average molecular weight is 308 g/mol. The Bertz CT molecular complexity index is 319. The number of halogens is 6. The molecule has 1 heterocycles. The largest absolute Gasteiger partial charge is 0.458 e. The number of nitrogens with one attached hydrogen (secondary N) is 1. The van der Waals surface area contributed by atoms with Gasteiger partial charge in [0.05, 0.1) is 0 Å². The zero-order valence-corrected chi connectivity index (χ0v) is 10.7. The van der Waals surface area contributed by atoms with Gasteiger partial charge in [-0.25, -0.2) is 0 Å². The second-order valence-corrected chi connectivity index (χ2v) is 4.19. The zero-order chi connectivity index (χ0) is 16.1. The molecule has 1 aliphatic rings. The van der Waals surface area contributed by atoms with E-state index in [0.29, 0.717) is 0 Å². The van der Waals surface area contributed by atoms with Crippen molar-refractivity contribution in [2.75, 3.05) is 26.7 Å². The number of Topliss-reactive ketones (excluding diaryl/α,β-unsaturated/α-hetero) is 2. The van der Waals surface area contributed by atoms with Gasteiger partial charge in [-0.15, -0.1) is 0 Å². The highest BCUT2D eigenvalue weighted by Crippen LogP contribution is 2.23. The second kappa shape index (κ2) is 7.02. The van der Waals surface area contributed by atoms with E-state index in [1.54, 1.807) is 0 Å². The fraction of sp³-hybridized carbons (Fsp3) is 0.800. The number of piperazine rings is 1. The molecule has 1 N–H and O–H groups in total. The Morgan fingerprint density at radius 2 is 1.45 bits per heavy atom. The molecule has 0 aromatic rings. The van der Waals surface area contributed by atoms with Gasteiger partial charge in [-0.05, 0) is 14.0 Å². The van der Waals surface area contributed by atoms with Crippen LogP contribution in [0.2, 0.25) is 0 Å². The molecule has 0 saturated carbocycles. The summed E-state index contributed by atoms with van der Waals surface area (Å²) < 4.78 is 67.0. The summed E-state index contributed by atoms with van der Waals surface area (Å²) in [6.45, 7) is 5.74. The van der Waals surface area contributed by atoms with Crippen LogP contribution in [0.25, 0.3) is 0 Å². The maximum Gasteiger partial charge on any atom is 0.458 e. The highest BCUT2D eigenvalue weighted by molar-refractivity contribution is 6.41. The van der Waals surface area contributed by atoms with E-state index in [9.17, 15) is 35.9 Å². The summed E-state index contributed by atoms with van der Waals surface area (Å²) in [6.07, 6.45) is -11.5. The highest BCUT2D eigenvalue weighted by atomic mass is 19.4. The molecular formula is C10H14F6N2O2. The van der Waals surface area contributed by atoms with E-state index < -0.39 is 23.9 Å². The quantitative estimate of drug-likeness (QED) is 0.583. The number of carbonyl (C=O) groups excluding carboxylic acids is 2. The molecule has 0 spiro atoms. The molecule has 1 unspecified atom stereocenters. The summed E-state index contributed by atoms with van der Waals surface area (Å²) in [5.74, 6) is -6.81. The summed E-state index contributed by atoms with van der Waals surface area (Å²) in [4.78, 5) is 21.6. The number of rotatable bonds is 1. The van der Waals surface area contributed by atoms with Gasteiger partial charge in [-0.1, -0.05) is 0 Å². The molecule has 0 aromatic carbocycles. The van der Waals surface area contributed by atoms with E-state index in [2.05, 4.69) is 24.2 Å². The molecule has 10 heteroatoms. The van der Waals surface area contributed by atoms with E-state index in [1.165, 1.54) is 6.54 Å². The first kappa shape index (κ1) is 18.8. The lowest BCUT2D eigenvalue weighted by molar-refractivity contribution is -0.193. The van der Waals surface area contributed by atoms with Crippen LogP contribution in [-0.2, 0) is 9.59 Å². The standard InChI is InChI=1S/C6H14N2.C4F6O2/c1-6-5-7-3-4-8(6)2;5-3(6,7)1(11)2(12)4(8,9)10/h6-7H,3-5H2,1-2H3;. The molecule has 0 aliphatic carbocycles. The van der Waals surface area contributed by atoms with Crippen LogP contribution in [-0.4, -0.2) is 61.5 Å². The van der Waals surface area contributed by atoms with Crippen molar-refractivity contribution in [1.82, 2.24) is 10.2 Å². The number of hydrogen-bond donors (Lipinski definition) is 1. The molecule has 20 heavy (non-hydrogen) atoms. The Morgan fingerprint density at radius 1 is 1.05 bits per heavy atom. The molecule has 0 radical (unpaired) electrons. The van der Waals surface area contributed by atoms with Crippen molar-refractivity contribution in [3.8, 4) is 0 Å². The smallest absolute Gasteiger partial charge is 0.314 e. The maximum absolute atomic E-state index is 11.2. The van der Waals surface area contributed by atoms with Gasteiger partial charge in [0, 0.05) is 25.7 Å². The van der Waals surface area contributed by atoms with Crippen molar-refractivity contribution in [2.24, 2.45) is 0 Å². The molecule has 1 saturated heterocycles. The summed E-state index contributed by atoms with van der Waals surface area (Å²) >= 11 is 0. The monoisotopic (exact) mass is 308 g/mol. The fourth-order valence-corrected chi connectivity index (χ4v) is 1.20. The van der Waals surface area contributed by atoms with Crippen LogP contribution in [0.5, 0.6) is 0 Å². The second-order valence-electron chi connectivity index (χ2n) is 4.19. The van der Waals surface area contributed by atoms with Crippen LogP contribution in [0, 0.1) is 0 Å². The molecule has 118 valence electrons. The van der Waals surface area contributed by atoms with Gasteiger partial charge in [0.15, 0.2) is 0 Å². The minimum atomic E-state index is -5.77. The molecule has 0 amide bonds. The number of carbonyl (C=O) groups is 2. The van der Waals surface area contributed by atoms with Gasteiger partial charge in [-0.2, -0.15) is 26.3 Å². The summed E-state index contributed by atoms with van der Waals surface area (Å²) in [7, 11) is 2.17. The summed E-state index contributed by atoms with van der Waals surface area (Å²) in [6, 6.07) is 0.726. The first-order valence-corrected chi connectivity index (χ1v) is 5.51. The lowest BCUT2D eigenvalue weighted by Crippen LogP contribution is -2.47. The number of alkyl halides is 6. The summed E-state index contributed by atoms with van der Waals surface area (Å²) in [5.41, 5.74) is 0. The topological polar surface area (TPSA) is 49.4 Å². The number of ketones is 2. The van der Waals surface area contributed by atoms with Crippen LogP contribution in [0.4, 0.5) is 26.3 Å². The van der Waals surface area contributed by atoms with Crippen LogP contribution < -0.4 is 5.32 Å². The lowest BCUT2D eigenvalue weighted by Gasteiger charge is -2.29. The van der Waals surface area contributed by atoms with Crippen molar-refractivity contribution < 1.29 is 35.9 Å². The third-order valence-corrected chi connectivity index (χ3v) is 2.55. The lowest BCUT2D eigenvalue weighted by atomic mass is 10.2. The first-order valence-electron chi connectivity index (χ1n) is 5.51. The molecular weight excluding hydrogens is 294 g/mol. The Balaban J connectivity index is 0.000000388. The Morgan fingerprint density at radius 3 is 1.65 bits per heavy atom. The first-order chi connectivity index (χ1) is 8.87. The molecule has 4 nitrogen and oxygen atoms in total. The van der Waals surface area contributed by atoms with Gasteiger partial charge in [0.25, 0.3) is 0 Å².